The van der Waals surface area contributed by atoms with Crippen molar-refractivity contribution in [2.45, 2.75) is 13.8 Å². The van der Waals surface area contributed by atoms with Gasteiger partial charge in [-0.1, -0.05) is 44.5 Å². The average molecular weight is 240 g/mol. The van der Waals surface area contributed by atoms with Crippen molar-refractivity contribution < 1.29 is 0 Å². The van der Waals surface area contributed by atoms with E-state index >= 15 is 0 Å². The zero-order valence-corrected chi connectivity index (χ0v) is 10.2. The lowest BCUT2D eigenvalue weighted by Crippen LogP contribution is -2.20. The third-order valence-corrected chi connectivity index (χ3v) is 5.37. The van der Waals surface area contributed by atoms with E-state index in [1.165, 1.54) is 0 Å². The summed E-state index contributed by atoms with van der Waals surface area (Å²) >= 11 is 11.1. The fourth-order valence-corrected chi connectivity index (χ4v) is 4.24. The minimum Gasteiger partial charge on any atom is -0.362 e. The van der Waals surface area contributed by atoms with E-state index in [4.69, 9.17) is 23.8 Å². The van der Waals surface area contributed by atoms with Crippen LogP contribution < -0.4 is 4.90 Å². The van der Waals surface area contributed by atoms with Gasteiger partial charge in [-0.15, -0.1) is 0 Å². The molecule has 0 fully saturated rings. The molecule has 12 heavy (non-hydrogen) atoms. The van der Waals surface area contributed by atoms with E-state index in [1.807, 2.05) is 0 Å². The largest absolute Gasteiger partial charge is 0.362 e. The maximum absolute atomic E-state index is 6.04. The predicted molar refractivity (Wildman–Crippen MR) is 61.6 cm³/mol. The molecule has 0 radical (unpaired) electrons. The van der Waals surface area contributed by atoms with Gasteiger partial charge in [0.1, 0.15) is 13.8 Å². The minimum absolute atomic E-state index is 0.753. The zero-order chi connectivity index (χ0) is 9.14. The Morgan fingerprint density at radius 1 is 1.33 bits per heavy atom. The number of nitrogens with zero attached hydrogens (tertiary/aromatic N) is 1. The molecule has 0 atom stereocenters. The quantitative estimate of drug-likeness (QED) is 0.579. The summed E-state index contributed by atoms with van der Waals surface area (Å²) in [7, 11) is 3.24. The van der Waals surface area contributed by atoms with E-state index in [2.05, 4.69) is 18.7 Å². The maximum Gasteiger partial charge on any atom is 0.123 e. The van der Waals surface area contributed by atoms with Gasteiger partial charge in [0.05, 0.1) is 0 Å². The summed E-state index contributed by atoms with van der Waals surface area (Å²) < 4.78 is 0.809. The lowest BCUT2D eigenvalue weighted by molar-refractivity contribution is 0.876. The van der Waals surface area contributed by atoms with E-state index in [0.29, 0.717) is 0 Å². The highest BCUT2D eigenvalue weighted by Gasteiger charge is 2.10. The fraction of sp³-hybridized carbons (Fsp3) is 0.571. The van der Waals surface area contributed by atoms with E-state index in [9.17, 15) is 0 Å². The van der Waals surface area contributed by atoms with Gasteiger partial charge in [-0.25, -0.2) is 0 Å². The van der Waals surface area contributed by atoms with Crippen molar-refractivity contribution in [1.29, 1.82) is 0 Å². The van der Waals surface area contributed by atoms with Crippen LogP contribution in [-0.4, -0.2) is 13.1 Å². The summed E-state index contributed by atoms with van der Waals surface area (Å²) in [5.41, 5.74) is 0. The van der Waals surface area contributed by atoms with Crippen molar-refractivity contribution in [3.05, 3.63) is 8.85 Å². The van der Waals surface area contributed by atoms with E-state index < -0.39 is 0 Å². The molecule has 0 aliphatic carbocycles. The smallest absolute Gasteiger partial charge is 0.123 e. The summed E-state index contributed by atoms with van der Waals surface area (Å²) in [6.45, 7) is 6.21. The first kappa shape index (κ1) is 10.4. The Balaban J connectivity index is 3.01. The van der Waals surface area contributed by atoms with Crippen molar-refractivity contribution in [1.82, 2.24) is 0 Å². The van der Waals surface area contributed by atoms with E-state index in [1.54, 1.807) is 20.7 Å². The molecular formula is C7H10ClNS3. The molecule has 0 aliphatic heterocycles. The van der Waals surface area contributed by atoms with Crippen LogP contribution in [0.15, 0.2) is 0 Å². The molecule has 1 nitrogen and oxygen atoms in total. The summed E-state index contributed by atoms with van der Waals surface area (Å²) in [6, 6.07) is 0. The standard InChI is InChI=1S/C7H10ClNS3/c1-3-9(4-2)6-5(8)7(10)12-11-6/h3-4H2,1-2H3. The molecule has 5 heteroatoms. The summed E-state index contributed by atoms with van der Waals surface area (Å²) in [5, 5.41) is 1.88. The van der Waals surface area contributed by atoms with Crippen LogP contribution in [0.3, 0.4) is 0 Å². The SMILES string of the molecule is CCN(CC)c1ssc(=S)c1Cl. The van der Waals surface area contributed by atoms with Gasteiger partial charge in [-0.05, 0) is 13.8 Å². The van der Waals surface area contributed by atoms with Crippen molar-refractivity contribution in [2.24, 2.45) is 0 Å². The number of hydrogen-bond donors (Lipinski definition) is 0. The lowest BCUT2D eigenvalue weighted by Gasteiger charge is -2.18. The van der Waals surface area contributed by atoms with Crippen LogP contribution in [0.25, 0.3) is 0 Å². The summed E-state index contributed by atoms with van der Waals surface area (Å²) in [4.78, 5) is 2.22. The molecule has 0 saturated heterocycles. The first-order valence-electron chi connectivity index (χ1n) is 3.74. The van der Waals surface area contributed by atoms with Crippen LogP contribution in [0.4, 0.5) is 5.00 Å². The second-order valence-corrected chi connectivity index (χ2v) is 5.42. The Bertz CT molecular complexity index is 300. The summed E-state index contributed by atoms with van der Waals surface area (Å²) in [6.07, 6.45) is 0. The molecule has 0 bridgehead atoms. The Morgan fingerprint density at radius 3 is 2.25 bits per heavy atom. The van der Waals surface area contributed by atoms with Gasteiger partial charge in [0, 0.05) is 13.1 Å². The zero-order valence-electron chi connectivity index (χ0n) is 6.96. The molecule has 0 N–H and O–H groups in total. The van der Waals surface area contributed by atoms with Crippen molar-refractivity contribution in [2.75, 3.05) is 18.0 Å². The Morgan fingerprint density at radius 2 is 1.92 bits per heavy atom. The molecule has 0 aromatic carbocycles. The van der Waals surface area contributed by atoms with Gasteiger partial charge in [0.25, 0.3) is 0 Å². The van der Waals surface area contributed by atoms with E-state index in [0.717, 1.165) is 26.9 Å². The average Bonchev–Trinajstić information content (AvgIpc) is 2.38. The number of hydrogen-bond acceptors (Lipinski definition) is 4. The van der Waals surface area contributed by atoms with Crippen LogP contribution in [0, 0.1) is 3.82 Å². The van der Waals surface area contributed by atoms with Crippen LogP contribution in [0.5, 0.6) is 0 Å². The molecule has 1 rings (SSSR count). The summed E-state index contributed by atoms with van der Waals surface area (Å²) in [5.74, 6) is 0. The van der Waals surface area contributed by atoms with Crippen LogP contribution in [0.1, 0.15) is 13.8 Å². The fourth-order valence-electron chi connectivity index (χ4n) is 0.940. The van der Waals surface area contributed by atoms with Crippen molar-refractivity contribution >= 4 is 49.5 Å². The molecule has 1 aromatic rings. The molecular weight excluding hydrogens is 230 g/mol. The number of halogens is 1. The number of rotatable bonds is 3. The minimum atomic E-state index is 0.753. The predicted octanol–water partition coefficient (Wildman–Crippen LogP) is 4.04. The Kier molecular flexibility index (Phi) is 3.96. The topological polar surface area (TPSA) is 3.24 Å². The molecule has 0 unspecified atom stereocenters. The van der Waals surface area contributed by atoms with E-state index in [-0.39, 0.29) is 0 Å². The van der Waals surface area contributed by atoms with Crippen molar-refractivity contribution in [3.63, 3.8) is 0 Å². The molecule has 0 spiro atoms. The van der Waals surface area contributed by atoms with Gasteiger partial charge in [-0.3, -0.25) is 0 Å². The molecule has 0 saturated carbocycles. The Hall–Kier alpha value is 0.360. The van der Waals surface area contributed by atoms with Gasteiger partial charge in [0.2, 0.25) is 0 Å². The maximum atomic E-state index is 6.04. The second-order valence-electron chi connectivity index (χ2n) is 2.25. The third-order valence-electron chi connectivity index (χ3n) is 1.61. The highest BCUT2D eigenvalue weighted by Crippen LogP contribution is 2.37. The van der Waals surface area contributed by atoms with Crippen LogP contribution >= 0.6 is 44.5 Å². The normalized spacial score (nSPS) is 10.2. The first-order valence-corrected chi connectivity index (χ1v) is 6.67. The highest BCUT2D eigenvalue weighted by atomic mass is 35.5. The van der Waals surface area contributed by atoms with Gasteiger partial charge < -0.3 is 4.90 Å². The molecule has 1 heterocycles. The molecule has 68 valence electrons. The second kappa shape index (κ2) is 4.56. The third kappa shape index (κ3) is 1.99. The lowest BCUT2D eigenvalue weighted by atomic mass is 10.5. The molecule has 1 aromatic heterocycles. The first-order chi connectivity index (χ1) is 5.70. The number of anilines is 1. The van der Waals surface area contributed by atoms with Crippen LogP contribution in [-0.2, 0) is 0 Å². The molecule has 0 aliphatic rings. The van der Waals surface area contributed by atoms with Gasteiger partial charge in [0.15, 0.2) is 0 Å². The molecule has 0 amide bonds. The van der Waals surface area contributed by atoms with Crippen LogP contribution in [0.2, 0.25) is 5.02 Å². The van der Waals surface area contributed by atoms with Crippen molar-refractivity contribution in [3.8, 4) is 0 Å². The van der Waals surface area contributed by atoms with Gasteiger partial charge >= 0.3 is 0 Å². The van der Waals surface area contributed by atoms with Gasteiger partial charge in [-0.2, -0.15) is 0 Å². The monoisotopic (exact) mass is 239 g/mol. The Labute approximate surface area is 90.0 Å². The highest BCUT2D eigenvalue weighted by molar-refractivity contribution is 7.80.